The minimum atomic E-state index is -0.435. The van der Waals surface area contributed by atoms with E-state index in [0.29, 0.717) is 25.7 Å². The maximum absolute atomic E-state index is 11.5. The first-order chi connectivity index (χ1) is 9.49. The van der Waals surface area contributed by atoms with Crippen LogP contribution in [0.5, 0.6) is 0 Å². The maximum atomic E-state index is 11.5. The molecular formula is C14H26O6. The highest BCUT2D eigenvalue weighted by molar-refractivity contribution is 5.77. The molecule has 0 rings (SSSR count). The monoisotopic (exact) mass is 290 g/mol. The van der Waals surface area contributed by atoms with Crippen molar-refractivity contribution in [1.82, 2.24) is 0 Å². The van der Waals surface area contributed by atoms with Gasteiger partial charge in [0.05, 0.1) is 25.0 Å². The van der Waals surface area contributed by atoms with E-state index in [4.69, 9.17) is 19.7 Å². The molecule has 0 saturated carbocycles. The minimum Gasteiger partial charge on any atom is -0.463 e. The van der Waals surface area contributed by atoms with E-state index in [9.17, 15) is 9.59 Å². The van der Waals surface area contributed by atoms with Gasteiger partial charge in [-0.05, 0) is 39.5 Å². The lowest BCUT2D eigenvalue weighted by molar-refractivity contribution is -0.155. The van der Waals surface area contributed by atoms with Gasteiger partial charge in [0, 0.05) is 13.2 Å². The lowest BCUT2D eigenvalue weighted by Gasteiger charge is -2.14. The smallest absolute Gasteiger partial charge is 0.306 e. The van der Waals surface area contributed by atoms with Gasteiger partial charge >= 0.3 is 11.9 Å². The van der Waals surface area contributed by atoms with Gasteiger partial charge in [0.15, 0.2) is 0 Å². The summed E-state index contributed by atoms with van der Waals surface area (Å²) in [5.74, 6) is -0.870. The number of aliphatic hydroxyl groups is 2. The average molecular weight is 290 g/mol. The van der Waals surface area contributed by atoms with Crippen molar-refractivity contribution in [2.75, 3.05) is 13.2 Å². The number of carbonyl (C=O) groups excluding carboxylic acids is 2. The summed E-state index contributed by atoms with van der Waals surface area (Å²) in [7, 11) is 0. The molecule has 2 atom stereocenters. The first-order valence-corrected chi connectivity index (χ1v) is 7.10. The summed E-state index contributed by atoms with van der Waals surface area (Å²) in [6.07, 6.45) is 1.85. The third-order valence-electron chi connectivity index (χ3n) is 2.74. The van der Waals surface area contributed by atoms with Crippen molar-refractivity contribution >= 4 is 11.9 Å². The molecule has 0 aromatic heterocycles. The summed E-state index contributed by atoms with van der Waals surface area (Å²) in [5.41, 5.74) is 0. The second-order valence-electron chi connectivity index (χ2n) is 4.83. The van der Waals surface area contributed by atoms with E-state index in [1.165, 1.54) is 0 Å². The Kier molecular flexibility index (Phi) is 11.0. The van der Waals surface area contributed by atoms with Crippen molar-refractivity contribution in [3.63, 3.8) is 0 Å². The molecule has 0 bridgehead atoms. The van der Waals surface area contributed by atoms with Crippen LogP contribution >= 0.6 is 0 Å². The van der Waals surface area contributed by atoms with E-state index in [1.54, 1.807) is 13.8 Å². The molecule has 118 valence electrons. The molecule has 0 aromatic carbocycles. The number of carbonyl (C=O) groups is 2. The Labute approximate surface area is 120 Å². The molecule has 6 heteroatoms. The zero-order valence-corrected chi connectivity index (χ0v) is 12.3. The van der Waals surface area contributed by atoms with Crippen molar-refractivity contribution in [2.24, 2.45) is 0 Å². The molecule has 0 fully saturated rings. The fraction of sp³-hybridized carbons (Fsp3) is 0.857. The number of aliphatic hydroxyl groups excluding tert-OH is 2. The van der Waals surface area contributed by atoms with Crippen molar-refractivity contribution in [3.8, 4) is 0 Å². The predicted octanol–water partition coefficient (Wildman–Crippen LogP) is 1.17. The molecule has 6 nitrogen and oxygen atoms in total. The molecular weight excluding hydrogens is 264 g/mol. The van der Waals surface area contributed by atoms with E-state index in [0.717, 1.165) is 0 Å². The van der Waals surface area contributed by atoms with Crippen LogP contribution in [0.15, 0.2) is 0 Å². The highest BCUT2D eigenvalue weighted by atomic mass is 16.5. The van der Waals surface area contributed by atoms with Crippen LogP contribution in [0.25, 0.3) is 0 Å². The van der Waals surface area contributed by atoms with Gasteiger partial charge in [0.2, 0.25) is 0 Å². The van der Waals surface area contributed by atoms with Crippen LogP contribution in [0, 0.1) is 0 Å². The fourth-order valence-electron chi connectivity index (χ4n) is 1.65. The Morgan fingerprint density at radius 2 is 1.20 bits per heavy atom. The Bertz CT molecular complexity index is 251. The Balaban J connectivity index is 3.74. The largest absolute Gasteiger partial charge is 0.463 e. The predicted molar refractivity (Wildman–Crippen MR) is 73.0 cm³/mol. The SMILES string of the molecule is CC(CCCO)OC(=O)CCC(=O)OC(C)CCCO. The highest BCUT2D eigenvalue weighted by Crippen LogP contribution is 2.07. The van der Waals surface area contributed by atoms with E-state index < -0.39 is 11.9 Å². The molecule has 0 saturated heterocycles. The molecule has 0 aliphatic carbocycles. The summed E-state index contributed by atoms with van der Waals surface area (Å²) < 4.78 is 10.2. The molecule has 0 aliphatic heterocycles. The topological polar surface area (TPSA) is 93.1 Å². The van der Waals surface area contributed by atoms with Crippen LogP contribution in [-0.2, 0) is 19.1 Å². The number of rotatable bonds is 11. The number of hydrogen-bond donors (Lipinski definition) is 2. The quantitative estimate of drug-likeness (QED) is 0.555. The minimum absolute atomic E-state index is 0.00494. The molecule has 0 radical (unpaired) electrons. The third-order valence-corrected chi connectivity index (χ3v) is 2.74. The Morgan fingerprint density at radius 1 is 0.850 bits per heavy atom. The van der Waals surface area contributed by atoms with Gasteiger partial charge in [-0.15, -0.1) is 0 Å². The number of hydrogen-bond acceptors (Lipinski definition) is 6. The number of ether oxygens (including phenoxy) is 2. The normalized spacial score (nSPS) is 13.6. The van der Waals surface area contributed by atoms with Gasteiger partial charge in [0.25, 0.3) is 0 Å². The first-order valence-electron chi connectivity index (χ1n) is 7.10. The molecule has 0 amide bonds. The van der Waals surface area contributed by atoms with Crippen LogP contribution < -0.4 is 0 Å². The average Bonchev–Trinajstić information content (AvgIpc) is 2.40. The molecule has 0 spiro atoms. The van der Waals surface area contributed by atoms with Gasteiger partial charge in [0.1, 0.15) is 0 Å². The fourth-order valence-corrected chi connectivity index (χ4v) is 1.65. The summed E-state index contributed by atoms with van der Waals surface area (Å²) in [4.78, 5) is 22.9. The Morgan fingerprint density at radius 3 is 1.50 bits per heavy atom. The molecule has 20 heavy (non-hydrogen) atoms. The molecule has 0 aliphatic rings. The van der Waals surface area contributed by atoms with Crippen molar-refractivity contribution in [1.29, 1.82) is 0 Å². The van der Waals surface area contributed by atoms with Gasteiger partial charge in [-0.1, -0.05) is 0 Å². The van der Waals surface area contributed by atoms with Crippen LogP contribution in [0.2, 0.25) is 0 Å². The maximum Gasteiger partial charge on any atom is 0.306 e. The lowest BCUT2D eigenvalue weighted by atomic mass is 10.2. The summed E-state index contributed by atoms with van der Waals surface area (Å²) in [6.45, 7) is 3.64. The van der Waals surface area contributed by atoms with Gasteiger partial charge in [-0.2, -0.15) is 0 Å². The van der Waals surface area contributed by atoms with Crippen molar-refractivity contribution in [3.05, 3.63) is 0 Å². The summed E-state index contributed by atoms with van der Waals surface area (Å²) >= 11 is 0. The third kappa shape index (κ3) is 10.8. The van der Waals surface area contributed by atoms with Gasteiger partial charge in [-0.25, -0.2) is 0 Å². The summed E-state index contributed by atoms with van der Waals surface area (Å²) in [5, 5.41) is 17.3. The van der Waals surface area contributed by atoms with Gasteiger partial charge in [-0.3, -0.25) is 9.59 Å². The van der Waals surface area contributed by atoms with E-state index in [-0.39, 0.29) is 38.3 Å². The van der Waals surface area contributed by atoms with E-state index in [2.05, 4.69) is 0 Å². The molecule has 0 aromatic rings. The van der Waals surface area contributed by atoms with Crippen molar-refractivity contribution in [2.45, 2.75) is 64.6 Å². The lowest BCUT2D eigenvalue weighted by Crippen LogP contribution is -2.19. The first kappa shape index (κ1) is 18.9. The second kappa shape index (κ2) is 11.7. The van der Waals surface area contributed by atoms with Crippen LogP contribution in [-0.4, -0.2) is 47.6 Å². The Hall–Kier alpha value is -1.14. The molecule has 2 N–H and O–H groups in total. The van der Waals surface area contributed by atoms with Gasteiger partial charge < -0.3 is 19.7 Å². The van der Waals surface area contributed by atoms with Crippen molar-refractivity contribution < 1.29 is 29.3 Å². The molecule has 0 heterocycles. The standard InChI is InChI=1S/C14H26O6/c1-11(5-3-9-15)19-13(17)7-8-14(18)20-12(2)6-4-10-16/h11-12,15-16H,3-10H2,1-2H3. The molecule has 2 unspecified atom stereocenters. The number of esters is 2. The van der Waals surface area contributed by atoms with Crippen LogP contribution in [0.3, 0.4) is 0 Å². The van der Waals surface area contributed by atoms with E-state index >= 15 is 0 Å². The highest BCUT2D eigenvalue weighted by Gasteiger charge is 2.14. The zero-order chi connectivity index (χ0) is 15.4. The van der Waals surface area contributed by atoms with Crippen LogP contribution in [0.1, 0.15) is 52.4 Å². The zero-order valence-electron chi connectivity index (χ0n) is 12.3. The second-order valence-corrected chi connectivity index (χ2v) is 4.83. The van der Waals surface area contributed by atoms with Crippen LogP contribution in [0.4, 0.5) is 0 Å². The summed E-state index contributed by atoms with van der Waals surface area (Å²) in [6, 6.07) is 0. The van der Waals surface area contributed by atoms with E-state index in [1.807, 2.05) is 0 Å².